The third-order valence-corrected chi connectivity index (χ3v) is 8.36. The SMILES string of the molecule is CC(=O)Nc1ccc(S(=O)(=O)N[C@@H]2CCCC[C@H]2NS(=O)(=O)c2ccc(NC(C)=O)cc2)cc1. The van der Waals surface area contributed by atoms with Crippen molar-refractivity contribution >= 4 is 43.2 Å². The average Bonchev–Trinajstić information content (AvgIpc) is 2.75. The Morgan fingerprint density at radius 1 is 0.647 bits per heavy atom. The number of nitrogens with one attached hydrogen (secondary N) is 4. The highest BCUT2D eigenvalue weighted by molar-refractivity contribution is 7.90. The Kier molecular flexibility index (Phi) is 8.08. The van der Waals surface area contributed by atoms with Crippen molar-refractivity contribution in [2.24, 2.45) is 0 Å². The van der Waals surface area contributed by atoms with Gasteiger partial charge in [-0.05, 0) is 61.4 Å². The maximum absolute atomic E-state index is 12.9. The Morgan fingerprint density at radius 3 is 1.26 bits per heavy atom. The van der Waals surface area contributed by atoms with Crippen molar-refractivity contribution in [1.29, 1.82) is 0 Å². The first kappa shape index (κ1) is 25.8. The Bertz CT molecular complexity index is 1140. The molecule has 0 saturated heterocycles. The third kappa shape index (κ3) is 6.86. The third-order valence-electron chi connectivity index (χ3n) is 5.35. The van der Waals surface area contributed by atoms with E-state index in [1.165, 1.54) is 62.4 Å². The smallest absolute Gasteiger partial charge is 0.240 e. The van der Waals surface area contributed by atoms with E-state index in [2.05, 4.69) is 20.1 Å². The number of benzene rings is 2. The first-order chi connectivity index (χ1) is 16.0. The van der Waals surface area contributed by atoms with E-state index in [9.17, 15) is 26.4 Å². The van der Waals surface area contributed by atoms with Crippen molar-refractivity contribution < 1.29 is 26.4 Å². The Morgan fingerprint density at radius 2 is 0.971 bits per heavy atom. The minimum Gasteiger partial charge on any atom is -0.326 e. The van der Waals surface area contributed by atoms with E-state index < -0.39 is 32.1 Å². The van der Waals surface area contributed by atoms with Crippen molar-refractivity contribution in [1.82, 2.24) is 9.44 Å². The maximum Gasteiger partial charge on any atom is 0.240 e. The lowest BCUT2D eigenvalue weighted by atomic mass is 9.92. The van der Waals surface area contributed by atoms with Crippen molar-refractivity contribution in [3.05, 3.63) is 48.5 Å². The molecule has 0 radical (unpaired) electrons. The number of hydrogen-bond donors (Lipinski definition) is 4. The van der Waals surface area contributed by atoms with E-state index in [0.717, 1.165) is 12.8 Å². The largest absolute Gasteiger partial charge is 0.326 e. The summed E-state index contributed by atoms with van der Waals surface area (Å²) >= 11 is 0. The monoisotopic (exact) mass is 508 g/mol. The summed E-state index contributed by atoms with van der Waals surface area (Å²) < 4.78 is 57.0. The molecule has 1 fully saturated rings. The molecule has 0 spiro atoms. The predicted octanol–water partition coefficient (Wildman–Crippen LogP) is 2.17. The van der Waals surface area contributed by atoms with Crippen LogP contribution in [-0.4, -0.2) is 40.7 Å². The zero-order chi connectivity index (χ0) is 24.9. The van der Waals surface area contributed by atoms with Crippen LogP contribution in [-0.2, 0) is 29.6 Å². The maximum atomic E-state index is 12.9. The molecule has 10 nitrogen and oxygen atoms in total. The molecule has 1 aliphatic carbocycles. The number of sulfonamides is 2. The molecule has 0 unspecified atom stereocenters. The first-order valence-electron chi connectivity index (χ1n) is 10.8. The summed E-state index contributed by atoms with van der Waals surface area (Å²) in [4.78, 5) is 22.3. The van der Waals surface area contributed by atoms with Gasteiger partial charge in [-0.25, -0.2) is 26.3 Å². The van der Waals surface area contributed by atoms with Gasteiger partial charge in [0.15, 0.2) is 0 Å². The lowest BCUT2D eigenvalue weighted by Crippen LogP contribution is -2.52. The number of hydrogen-bond acceptors (Lipinski definition) is 6. The fourth-order valence-electron chi connectivity index (χ4n) is 3.79. The molecule has 3 rings (SSSR count). The highest BCUT2D eigenvalue weighted by Gasteiger charge is 2.32. The summed E-state index contributed by atoms with van der Waals surface area (Å²) in [6.45, 7) is 2.71. The topological polar surface area (TPSA) is 151 Å². The van der Waals surface area contributed by atoms with Crippen LogP contribution in [0.2, 0.25) is 0 Å². The molecule has 2 aromatic rings. The molecule has 2 aromatic carbocycles. The highest BCUT2D eigenvalue weighted by atomic mass is 32.2. The lowest BCUT2D eigenvalue weighted by Gasteiger charge is -2.32. The van der Waals surface area contributed by atoms with Crippen LogP contribution < -0.4 is 20.1 Å². The second kappa shape index (κ2) is 10.6. The average molecular weight is 509 g/mol. The van der Waals surface area contributed by atoms with Gasteiger partial charge < -0.3 is 10.6 Å². The predicted molar refractivity (Wildman–Crippen MR) is 128 cm³/mol. The fraction of sp³-hybridized carbons (Fsp3) is 0.364. The molecular formula is C22H28N4O6S2. The summed E-state index contributed by atoms with van der Waals surface area (Å²) in [6.07, 6.45) is 2.49. The van der Waals surface area contributed by atoms with Crippen LogP contribution in [0.1, 0.15) is 39.5 Å². The molecule has 1 saturated carbocycles. The van der Waals surface area contributed by atoms with Crippen LogP contribution in [0.15, 0.2) is 58.3 Å². The standard InChI is InChI=1S/C22H28N4O6S2/c1-15(27)23-17-7-11-19(12-8-17)33(29,30)25-21-5-3-4-6-22(21)26-34(31,32)20-13-9-18(10-14-20)24-16(2)28/h7-14,21-22,25-26H,3-6H2,1-2H3,(H,23,27)(H,24,28)/t21-,22-/m1/s1. The number of carbonyl (C=O) groups excluding carboxylic acids is 2. The molecule has 0 aliphatic heterocycles. The van der Waals surface area contributed by atoms with Gasteiger partial charge >= 0.3 is 0 Å². The van der Waals surface area contributed by atoms with Crippen molar-refractivity contribution in [3.8, 4) is 0 Å². The van der Waals surface area contributed by atoms with Gasteiger partial charge in [0.25, 0.3) is 0 Å². The van der Waals surface area contributed by atoms with Crippen molar-refractivity contribution in [2.45, 2.75) is 61.4 Å². The van der Waals surface area contributed by atoms with Crippen LogP contribution in [0, 0.1) is 0 Å². The molecule has 0 heterocycles. The summed E-state index contributed by atoms with van der Waals surface area (Å²) in [5, 5.41) is 5.15. The Hall–Kier alpha value is -2.80. The quantitative estimate of drug-likeness (QED) is 0.429. The molecule has 2 atom stereocenters. The molecule has 0 bridgehead atoms. The molecule has 1 aliphatic rings. The van der Waals surface area contributed by atoms with Gasteiger partial charge in [0, 0.05) is 37.3 Å². The van der Waals surface area contributed by atoms with Crippen LogP contribution >= 0.6 is 0 Å². The first-order valence-corrected chi connectivity index (χ1v) is 13.7. The number of carbonyl (C=O) groups is 2. The lowest BCUT2D eigenvalue weighted by molar-refractivity contribution is -0.115. The highest BCUT2D eigenvalue weighted by Crippen LogP contribution is 2.24. The minimum atomic E-state index is -3.91. The van der Waals surface area contributed by atoms with E-state index in [1.54, 1.807) is 0 Å². The van der Waals surface area contributed by atoms with E-state index in [1.807, 2.05) is 0 Å². The van der Waals surface area contributed by atoms with Gasteiger partial charge in [-0.15, -0.1) is 0 Å². The van der Waals surface area contributed by atoms with Gasteiger partial charge in [-0.3, -0.25) is 9.59 Å². The summed E-state index contributed by atoms with van der Waals surface area (Å²) in [6, 6.07) is 10.2. The van der Waals surface area contributed by atoms with Crippen LogP contribution in [0.5, 0.6) is 0 Å². The summed E-state index contributed by atoms with van der Waals surface area (Å²) in [7, 11) is -7.83. The molecule has 184 valence electrons. The summed E-state index contributed by atoms with van der Waals surface area (Å²) in [5.41, 5.74) is 0.943. The van der Waals surface area contributed by atoms with Gasteiger partial charge in [-0.1, -0.05) is 12.8 Å². The molecule has 0 aromatic heterocycles. The second-order valence-corrected chi connectivity index (χ2v) is 11.6. The molecule has 4 N–H and O–H groups in total. The summed E-state index contributed by atoms with van der Waals surface area (Å²) in [5.74, 6) is -0.536. The zero-order valence-electron chi connectivity index (χ0n) is 18.9. The Balaban J connectivity index is 1.73. The normalized spacial score (nSPS) is 18.8. The van der Waals surface area contributed by atoms with Gasteiger partial charge in [0.2, 0.25) is 31.9 Å². The van der Waals surface area contributed by atoms with Gasteiger partial charge in [-0.2, -0.15) is 0 Å². The van der Waals surface area contributed by atoms with Crippen molar-refractivity contribution in [2.75, 3.05) is 10.6 Å². The zero-order valence-corrected chi connectivity index (χ0v) is 20.5. The van der Waals surface area contributed by atoms with Gasteiger partial charge in [0.1, 0.15) is 0 Å². The van der Waals surface area contributed by atoms with Crippen LogP contribution in [0.4, 0.5) is 11.4 Å². The molecule has 2 amide bonds. The Labute approximate surface area is 199 Å². The van der Waals surface area contributed by atoms with E-state index in [0.29, 0.717) is 24.2 Å². The molecule has 12 heteroatoms. The van der Waals surface area contributed by atoms with Crippen molar-refractivity contribution in [3.63, 3.8) is 0 Å². The van der Waals surface area contributed by atoms with E-state index in [-0.39, 0.29) is 21.6 Å². The molecule has 34 heavy (non-hydrogen) atoms. The van der Waals surface area contributed by atoms with Crippen LogP contribution in [0.3, 0.4) is 0 Å². The number of anilines is 2. The second-order valence-electron chi connectivity index (χ2n) is 8.15. The van der Waals surface area contributed by atoms with Gasteiger partial charge in [0.05, 0.1) is 9.79 Å². The number of amides is 2. The number of rotatable bonds is 8. The van der Waals surface area contributed by atoms with E-state index >= 15 is 0 Å². The van der Waals surface area contributed by atoms with Crippen LogP contribution in [0.25, 0.3) is 0 Å². The minimum absolute atomic E-state index is 0.0161. The fourth-order valence-corrected chi connectivity index (χ4v) is 6.41. The van der Waals surface area contributed by atoms with E-state index in [4.69, 9.17) is 0 Å². The molecular weight excluding hydrogens is 480 g/mol.